The van der Waals surface area contributed by atoms with Crippen LogP contribution in [-0.4, -0.2) is 31.4 Å². The average molecular weight is 404 g/mol. The summed E-state index contributed by atoms with van der Waals surface area (Å²) >= 11 is 0. The summed E-state index contributed by atoms with van der Waals surface area (Å²) in [6.07, 6.45) is -0.408. The molecule has 0 unspecified atom stereocenters. The molecule has 4 rings (SSSR count). The first kappa shape index (κ1) is 20.5. The summed E-state index contributed by atoms with van der Waals surface area (Å²) in [5.41, 5.74) is 3.24. The number of ether oxygens (including phenoxy) is 2. The maximum Gasteiger partial charge on any atom is 0.169 e. The van der Waals surface area contributed by atoms with Crippen molar-refractivity contribution in [2.24, 2.45) is 5.41 Å². The maximum atomic E-state index is 10.4. The molecule has 1 aliphatic heterocycles. The summed E-state index contributed by atoms with van der Waals surface area (Å²) < 4.78 is 11.7. The smallest absolute Gasteiger partial charge is 0.169 e. The molecule has 1 saturated heterocycles. The highest BCUT2D eigenvalue weighted by Gasteiger charge is 2.43. The molecule has 0 saturated carbocycles. The van der Waals surface area contributed by atoms with E-state index >= 15 is 0 Å². The predicted molar refractivity (Wildman–Crippen MR) is 120 cm³/mol. The molecule has 156 valence electrons. The molecular formula is C26H29NO3. The summed E-state index contributed by atoms with van der Waals surface area (Å²) in [5.74, 6) is 2.33. The van der Waals surface area contributed by atoms with Gasteiger partial charge in [-0.05, 0) is 47.9 Å². The molecule has 4 heteroatoms. The van der Waals surface area contributed by atoms with Crippen LogP contribution in [0, 0.1) is 5.41 Å². The zero-order valence-electron chi connectivity index (χ0n) is 17.8. The molecule has 3 aromatic carbocycles. The van der Waals surface area contributed by atoms with E-state index in [2.05, 4.69) is 42.6 Å². The van der Waals surface area contributed by atoms with Gasteiger partial charge in [0.15, 0.2) is 11.5 Å². The highest BCUT2D eigenvalue weighted by Crippen LogP contribution is 2.44. The summed E-state index contributed by atoms with van der Waals surface area (Å²) in [4.78, 5) is 0. The van der Waals surface area contributed by atoms with Crippen molar-refractivity contribution in [1.82, 2.24) is 5.32 Å². The fraction of sp³-hybridized carbons (Fsp3) is 0.308. The van der Waals surface area contributed by atoms with Gasteiger partial charge in [0.2, 0.25) is 0 Å². The third kappa shape index (κ3) is 3.93. The van der Waals surface area contributed by atoms with Crippen molar-refractivity contribution in [3.8, 4) is 28.4 Å². The van der Waals surface area contributed by atoms with Gasteiger partial charge in [-0.15, -0.1) is 0 Å². The molecule has 0 radical (unpaired) electrons. The SMILES string of the molecule is COc1ccc([C@@H]2CNC[C@@]2(C)[C@@H](C)O)cc1Oc1ccc(-c2ccccc2)cc1. The van der Waals surface area contributed by atoms with Gasteiger partial charge in [-0.3, -0.25) is 0 Å². The second-order valence-corrected chi connectivity index (χ2v) is 8.27. The number of hydrogen-bond acceptors (Lipinski definition) is 4. The van der Waals surface area contributed by atoms with Crippen LogP contribution >= 0.6 is 0 Å². The third-order valence-electron chi connectivity index (χ3n) is 6.38. The van der Waals surface area contributed by atoms with E-state index in [4.69, 9.17) is 9.47 Å². The van der Waals surface area contributed by atoms with E-state index in [0.717, 1.165) is 30.0 Å². The normalized spacial score (nSPS) is 21.9. The predicted octanol–water partition coefficient (Wildman–Crippen LogP) is 5.23. The van der Waals surface area contributed by atoms with Crippen LogP contribution in [0.4, 0.5) is 0 Å². The Balaban J connectivity index is 1.60. The molecular weight excluding hydrogens is 374 g/mol. The van der Waals surface area contributed by atoms with Gasteiger partial charge in [0.1, 0.15) is 5.75 Å². The minimum atomic E-state index is -0.408. The van der Waals surface area contributed by atoms with Crippen LogP contribution < -0.4 is 14.8 Å². The Morgan fingerprint density at radius 2 is 1.67 bits per heavy atom. The van der Waals surface area contributed by atoms with Gasteiger partial charge in [-0.25, -0.2) is 0 Å². The first-order chi connectivity index (χ1) is 14.5. The molecule has 0 amide bonds. The van der Waals surface area contributed by atoms with E-state index in [1.165, 1.54) is 5.56 Å². The molecule has 0 aromatic heterocycles. The highest BCUT2D eigenvalue weighted by molar-refractivity contribution is 5.64. The van der Waals surface area contributed by atoms with E-state index in [1.807, 2.05) is 49.4 Å². The minimum absolute atomic E-state index is 0.200. The van der Waals surface area contributed by atoms with Crippen LogP contribution in [0.15, 0.2) is 72.8 Å². The summed E-state index contributed by atoms with van der Waals surface area (Å²) in [6, 6.07) is 24.4. The van der Waals surface area contributed by atoms with Gasteiger partial charge in [0, 0.05) is 24.4 Å². The largest absolute Gasteiger partial charge is 0.493 e. The first-order valence-electron chi connectivity index (χ1n) is 10.4. The van der Waals surface area contributed by atoms with Crippen molar-refractivity contribution >= 4 is 0 Å². The van der Waals surface area contributed by atoms with Crippen molar-refractivity contribution in [2.45, 2.75) is 25.9 Å². The van der Waals surface area contributed by atoms with Gasteiger partial charge >= 0.3 is 0 Å². The maximum absolute atomic E-state index is 10.4. The fourth-order valence-corrected chi connectivity index (χ4v) is 4.24. The Kier molecular flexibility index (Phi) is 5.80. The van der Waals surface area contributed by atoms with Crippen LogP contribution in [0.5, 0.6) is 17.2 Å². The molecule has 3 atom stereocenters. The van der Waals surface area contributed by atoms with Crippen LogP contribution in [-0.2, 0) is 0 Å². The summed E-state index contributed by atoms with van der Waals surface area (Å²) in [7, 11) is 1.65. The average Bonchev–Trinajstić information content (AvgIpc) is 3.18. The van der Waals surface area contributed by atoms with Crippen molar-refractivity contribution in [3.63, 3.8) is 0 Å². The van der Waals surface area contributed by atoms with E-state index in [0.29, 0.717) is 11.5 Å². The molecule has 0 aliphatic carbocycles. The fourth-order valence-electron chi connectivity index (χ4n) is 4.24. The summed E-state index contributed by atoms with van der Waals surface area (Å²) in [5, 5.41) is 13.8. The molecule has 1 aliphatic rings. The van der Waals surface area contributed by atoms with Crippen molar-refractivity contribution in [3.05, 3.63) is 78.4 Å². The Morgan fingerprint density at radius 3 is 2.33 bits per heavy atom. The molecule has 30 heavy (non-hydrogen) atoms. The second-order valence-electron chi connectivity index (χ2n) is 8.27. The lowest BCUT2D eigenvalue weighted by Crippen LogP contribution is -2.36. The van der Waals surface area contributed by atoms with Crippen molar-refractivity contribution in [2.75, 3.05) is 20.2 Å². The number of methoxy groups -OCH3 is 1. The lowest BCUT2D eigenvalue weighted by molar-refractivity contribution is 0.0549. The topological polar surface area (TPSA) is 50.7 Å². The second kappa shape index (κ2) is 8.50. The Hall–Kier alpha value is -2.82. The number of aliphatic hydroxyl groups is 1. The van der Waals surface area contributed by atoms with Crippen molar-refractivity contribution < 1.29 is 14.6 Å². The molecule has 0 spiro atoms. The van der Waals surface area contributed by atoms with Gasteiger partial charge in [-0.1, -0.05) is 55.5 Å². The minimum Gasteiger partial charge on any atom is -0.493 e. The summed E-state index contributed by atoms with van der Waals surface area (Å²) in [6.45, 7) is 5.63. The first-order valence-corrected chi connectivity index (χ1v) is 10.4. The quantitative estimate of drug-likeness (QED) is 0.592. The molecule has 4 nitrogen and oxygen atoms in total. The van der Waals surface area contributed by atoms with Crippen LogP contribution in [0.3, 0.4) is 0 Å². The third-order valence-corrected chi connectivity index (χ3v) is 6.38. The zero-order chi connectivity index (χ0) is 21.1. The molecule has 1 fully saturated rings. The number of hydrogen-bond donors (Lipinski definition) is 2. The number of rotatable bonds is 6. The Labute approximate surface area is 178 Å². The zero-order valence-corrected chi connectivity index (χ0v) is 17.8. The van der Waals surface area contributed by atoms with Gasteiger partial charge < -0.3 is 19.9 Å². The van der Waals surface area contributed by atoms with E-state index in [1.54, 1.807) is 7.11 Å². The number of aliphatic hydroxyl groups excluding tert-OH is 1. The molecule has 1 heterocycles. The van der Waals surface area contributed by atoms with E-state index in [-0.39, 0.29) is 11.3 Å². The Morgan fingerprint density at radius 1 is 0.967 bits per heavy atom. The lowest BCUT2D eigenvalue weighted by atomic mass is 9.72. The highest BCUT2D eigenvalue weighted by atomic mass is 16.5. The van der Waals surface area contributed by atoms with Crippen molar-refractivity contribution in [1.29, 1.82) is 0 Å². The number of benzene rings is 3. The number of nitrogens with one attached hydrogen (secondary N) is 1. The van der Waals surface area contributed by atoms with E-state index < -0.39 is 6.10 Å². The van der Waals surface area contributed by atoms with Gasteiger partial charge in [0.05, 0.1) is 13.2 Å². The van der Waals surface area contributed by atoms with Gasteiger partial charge in [-0.2, -0.15) is 0 Å². The molecule has 3 aromatic rings. The Bertz CT molecular complexity index is 985. The standard InChI is InChI=1S/C26H29NO3/c1-18(28)26(2)17-27-16-23(26)21-11-14-24(29-3)25(15-21)30-22-12-9-20(10-13-22)19-7-5-4-6-8-19/h4-15,18,23,27-28H,16-17H2,1-3H3/t18-,23+,26+/m1/s1. The monoisotopic (exact) mass is 403 g/mol. The molecule has 0 bridgehead atoms. The van der Waals surface area contributed by atoms with Crippen LogP contribution in [0.2, 0.25) is 0 Å². The van der Waals surface area contributed by atoms with Gasteiger partial charge in [0.25, 0.3) is 0 Å². The lowest BCUT2D eigenvalue weighted by Gasteiger charge is -2.34. The van der Waals surface area contributed by atoms with E-state index in [9.17, 15) is 5.11 Å². The van der Waals surface area contributed by atoms with Crippen LogP contribution in [0.1, 0.15) is 25.3 Å². The van der Waals surface area contributed by atoms with Crippen LogP contribution in [0.25, 0.3) is 11.1 Å². The molecule has 2 N–H and O–H groups in total.